The van der Waals surface area contributed by atoms with E-state index in [1.807, 2.05) is 6.92 Å². The number of Topliss-reactive ketones (excluding diaryl/α,β-unsaturated/α-hetero) is 1. The molecule has 0 unspecified atom stereocenters. The predicted octanol–water partition coefficient (Wildman–Crippen LogP) is 1.46. The Morgan fingerprint density at radius 3 is 2.13 bits per heavy atom. The molecule has 4 nitrogen and oxygen atoms in total. The van der Waals surface area contributed by atoms with Gasteiger partial charge in [-0.2, -0.15) is 0 Å². The van der Waals surface area contributed by atoms with Gasteiger partial charge in [0.2, 0.25) is 10.0 Å². The zero-order valence-corrected chi connectivity index (χ0v) is 10.8. The fraction of sp³-hybridized carbons (Fsp3) is 0.900. The summed E-state index contributed by atoms with van der Waals surface area (Å²) in [5.41, 5.74) is -0.480. The largest absolute Gasteiger partial charge is 0.300 e. The molecule has 0 saturated heterocycles. The Balaban J connectivity index is 4.12. The lowest BCUT2D eigenvalue weighted by atomic mass is 10.1. The van der Waals surface area contributed by atoms with Crippen molar-refractivity contribution in [1.29, 1.82) is 0 Å². The molecule has 0 heterocycles. The van der Waals surface area contributed by atoms with E-state index in [1.165, 1.54) is 0 Å². The van der Waals surface area contributed by atoms with E-state index < -0.39 is 15.6 Å². The quantitative estimate of drug-likeness (QED) is 0.758. The monoisotopic (exact) mass is 235 g/mol. The maximum atomic E-state index is 11.5. The predicted molar refractivity (Wildman–Crippen MR) is 61.2 cm³/mol. The third-order valence-electron chi connectivity index (χ3n) is 1.64. The van der Waals surface area contributed by atoms with Gasteiger partial charge in [0.25, 0.3) is 0 Å². The van der Waals surface area contributed by atoms with Crippen molar-refractivity contribution >= 4 is 15.8 Å². The first-order valence-electron chi connectivity index (χ1n) is 5.19. The van der Waals surface area contributed by atoms with Crippen molar-refractivity contribution in [2.24, 2.45) is 0 Å². The van der Waals surface area contributed by atoms with E-state index in [2.05, 4.69) is 4.72 Å². The maximum Gasteiger partial charge on any atom is 0.212 e. The van der Waals surface area contributed by atoms with Crippen molar-refractivity contribution in [3.05, 3.63) is 0 Å². The minimum absolute atomic E-state index is 0.0109. The molecule has 0 spiro atoms. The second-order valence-electron chi connectivity index (χ2n) is 4.71. The van der Waals surface area contributed by atoms with E-state index in [-0.39, 0.29) is 18.0 Å². The van der Waals surface area contributed by atoms with Crippen molar-refractivity contribution in [2.45, 2.75) is 52.5 Å². The fourth-order valence-electron chi connectivity index (χ4n) is 1.17. The summed E-state index contributed by atoms with van der Waals surface area (Å²) in [7, 11) is -3.32. The van der Waals surface area contributed by atoms with Gasteiger partial charge >= 0.3 is 0 Å². The highest BCUT2D eigenvalue weighted by molar-refractivity contribution is 7.89. The fourth-order valence-corrected chi connectivity index (χ4v) is 2.70. The number of carbonyl (C=O) groups excluding carboxylic acids is 1. The average Bonchev–Trinajstić information content (AvgIpc) is 1.97. The molecule has 0 atom stereocenters. The van der Waals surface area contributed by atoms with E-state index in [1.54, 1.807) is 20.8 Å². The number of nitrogens with one attached hydrogen (secondary N) is 1. The molecular formula is C10H21NO3S. The minimum atomic E-state index is -3.32. The molecule has 15 heavy (non-hydrogen) atoms. The molecule has 0 rings (SSSR count). The molecule has 0 amide bonds. The second-order valence-corrected chi connectivity index (χ2v) is 6.55. The number of hydrogen-bond donors (Lipinski definition) is 1. The summed E-state index contributed by atoms with van der Waals surface area (Å²) in [4.78, 5) is 11.2. The number of sulfonamides is 1. The zero-order valence-electron chi connectivity index (χ0n) is 9.96. The normalized spacial score (nSPS) is 12.8. The van der Waals surface area contributed by atoms with Crippen LogP contribution in [0, 0.1) is 0 Å². The van der Waals surface area contributed by atoms with Crippen LogP contribution in [0.25, 0.3) is 0 Å². The maximum absolute atomic E-state index is 11.5. The van der Waals surface area contributed by atoms with Gasteiger partial charge in [0.15, 0.2) is 0 Å². The molecular weight excluding hydrogens is 214 g/mol. The van der Waals surface area contributed by atoms with Crippen LogP contribution in [0.2, 0.25) is 0 Å². The molecule has 0 bridgehead atoms. The molecule has 90 valence electrons. The first kappa shape index (κ1) is 14.6. The van der Waals surface area contributed by atoms with Gasteiger partial charge in [-0.1, -0.05) is 6.92 Å². The highest BCUT2D eigenvalue weighted by Gasteiger charge is 2.20. The standard InChI is InChI=1S/C10H21NO3S/c1-5-6-9(12)7-8-15(13,14)11-10(2,3)4/h11H,5-8H2,1-4H3. The second kappa shape index (κ2) is 5.61. The molecule has 0 aromatic heterocycles. The Morgan fingerprint density at radius 2 is 1.73 bits per heavy atom. The van der Waals surface area contributed by atoms with Crippen LogP contribution in [0.15, 0.2) is 0 Å². The summed E-state index contributed by atoms with van der Waals surface area (Å²) in [6.07, 6.45) is 1.34. The third kappa shape index (κ3) is 8.57. The first-order valence-corrected chi connectivity index (χ1v) is 6.85. The number of carbonyl (C=O) groups is 1. The van der Waals surface area contributed by atoms with Crippen LogP contribution in [0.3, 0.4) is 0 Å². The lowest BCUT2D eigenvalue weighted by molar-refractivity contribution is -0.118. The topological polar surface area (TPSA) is 63.2 Å². The molecule has 1 N–H and O–H groups in total. The Bertz CT molecular complexity index is 301. The van der Waals surface area contributed by atoms with Crippen LogP contribution in [0.1, 0.15) is 47.0 Å². The lowest BCUT2D eigenvalue weighted by Gasteiger charge is -2.20. The van der Waals surface area contributed by atoms with Gasteiger partial charge in [0.1, 0.15) is 5.78 Å². The summed E-state index contributed by atoms with van der Waals surface area (Å²) < 4.78 is 25.5. The molecule has 0 fully saturated rings. The zero-order chi connectivity index (χ0) is 12.1. The smallest absolute Gasteiger partial charge is 0.212 e. The summed E-state index contributed by atoms with van der Waals surface area (Å²) in [6.45, 7) is 7.23. The molecule has 0 aliphatic heterocycles. The SMILES string of the molecule is CCCC(=O)CCS(=O)(=O)NC(C)(C)C. The minimum Gasteiger partial charge on any atom is -0.300 e. The molecule has 0 saturated carbocycles. The summed E-state index contributed by atoms with van der Waals surface area (Å²) in [5, 5.41) is 0. The third-order valence-corrected chi connectivity index (χ3v) is 3.31. The Morgan fingerprint density at radius 1 is 1.20 bits per heavy atom. The van der Waals surface area contributed by atoms with Crippen molar-refractivity contribution in [2.75, 3.05) is 5.75 Å². The molecule has 0 aliphatic carbocycles. The van der Waals surface area contributed by atoms with Crippen molar-refractivity contribution in [1.82, 2.24) is 4.72 Å². The summed E-state index contributed by atoms with van der Waals surface area (Å²) in [6, 6.07) is 0. The highest BCUT2D eigenvalue weighted by Crippen LogP contribution is 2.04. The van der Waals surface area contributed by atoms with Gasteiger partial charge in [-0.3, -0.25) is 4.79 Å². The van der Waals surface area contributed by atoms with E-state index >= 15 is 0 Å². The van der Waals surface area contributed by atoms with Gasteiger partial charge in [-0.25, -0.2) is 13.1 Å². The molecule has 0 aromatic rings. The van der Waals surface area contributed by atoms with Crippen LogP contribution in [0.5, 0.6) is 0 Å². The molecule has 0 aromatic carbocycles. The van der Waals surface area contributed by atoms with E-state index in [4.69, 9.17) is 0 Å². The Labute approximate surface area is 92.5 Å². The summed E-state index contributed by atoms with van der Waals surface area (Å²) >= 11 is 0. The van der Waals surface area contributed by atoms with Gasteiger partial charge in [-0.15, -0.1) is 0 Å². The van der Waals surface area contributed by atoms with Crippen LogP contribution >= 0.6 is 0 Å². The van der Waals surface area contributed by atoms with E-state index in [0.717, 1.165) is 6.42 Å². The van der Waals surface area contributed by atoms with Crippen molar-refractivity contribution < 1.29 is 13.2 Å². The number of ketones is 1. The van der Waals surface area contributed by atoms with Crippen LogP contribution in [-0.4, -0.2) is 25.5 Å². The van der Waals surface area contributed by atoms with Gasteiger partial charge in [0, 0.05) is 18.4 Å². The van der Waals surface area contributed by atoms with Gasteiger partial charge in [0.05, 0.1) is 5.75 Å². The Hall–Kier alpha value is -0.420. The molecule has 0 radical (unpaired) electrons. The molecule has 0 aliphatic rings. The van der Waals surface area contributed by atoms with Crippen LogP contribution in [-0.2, 0) is 14.8 Å². The first-order chi connectivity index (χ1) is 6.66. The van der Waals surface area contributed by atoms with Crippen molar-refractivity contribution in [3.63, 3.8) is 0 Å². The number of hydrogen-bond acceptors (Lipinski definition) is 3. The van der Waals surface area contributed by atoms with Crippen LogP contribution < -0.4 is 4.72 Å². The average molecular weight is 235 g/mol. The van der Waals surface area contributed by atoms with Crippen molar-refractivity contribution in [3.8, 4) is 0 Å². The Kier molecular flexibility index (Phi) is 5.45. The van der Waals surface area contributed by atoms with Crippen LogP contribution in [0.4, 0.5) is 0 Å². The summed E-state index contributed by atoms with van der Waals surface area (Å²) in [5.74, 6) is -0.0971. The van der Waals surface area contributed by atoms with E-state index in [9.17, 15) is 13.2 Å². The van der Waals surface area contributed by atoms with Gasteiger partial charge < -0.3 is 0 Å². The molecule has 5 heteroatoms. The highest BCUT2D eigenvalue weighted by atomic mass is 32.2. The van der Waals surface area contributed by atoms with Gasteiger partial charge in [-0.05, 0) is 27.2 Å². The van der Waals surface area contributed by atoms with E-state index in [0.29, 0.717) is 6.42 Å². The lowest BCUT2D eigenvalue weighted by Crippen LogP contribution is -2.42. The number of rotatable bonds is 6.